The van der Waals surface area contributed by atoms with Crippen LogP contribution in [-0.2, 0) is 9.47 Å². The molecule has 176 valence electrons. The van der Waals surface area contributed by atoms with E-state index in [9.17, 15) is 8.78 Å². The highest BCUT2D eigenvalue weighted by Gasteiger charge is 2.24. The molecule has 7 heteroatoms. The summed E-state index contributed by atoms with van der Waals surface area (Å²) in [7, 11) is 3.67. The third kappa shape index (κ3) is 7.57. The maximum atomic E-state index is 13.7. The number of halogens is 2. The van der Waals surface area contributed by atoms with Crippen LogP contribution in [0.15, 0.2) is 76.6 Å². The number of amidine groups is 1. The highest BCUT2D eigenvalue weighted by atomic mass is 19.2. The van der Waals surface area contributed by atoms with Gasteiger partial charge in [0.1, 0.15) is 12.5 Å². The van der Waals surface area contributed by atoms with Crippen LogP contribution in [0.25, 0.3) is 0 Å². The lowest BCUT2D eigenvalue weighted by Crippen LogP contribution is -2.29. The number of allylic oxidation sites excluding steroid dienone is 7. The van der Waals surface area contributed by atoms with Crippen molar-refractivity contribution < 1.29 is 18.3 Å². The molecule has 2 aliphatic carbocycles. The fourth-order valence-electron chi connectivity index (χ4n) is 3.63. The largest absolute Gasteiger partial charge is 0.382 e. The zero-order valence-corrected chi connectivity index (χ0v) is 19.4. The normalized spacial score (nSPS) is 19.6. The van der Waals surface area contributed by atoms with Gasteiger partial charge in [-0.05, 0) is 43.4 Å². The van der Waals surface area contributed by atoms with Gasteiger partial charge in [0.2, 0.25) is 0 Å². The van der Waals surface area contributed by atoms with E-state index in [4.69, 9.17) is 9.47 Å². The zero-order valence-electron chi connectivity index (χ0n) is 19.4. The molecule has 0 fully saturated rings. The highest BCUT2D eigenvalue weighted by Crippen LogP contribution is 2.33. The molecule has 0 bridgehead atoms. The molecule has 0 aliphatic heterocycles. The summed E-state index contributed by atoms with van der Waals surface area (Å²) in [6.45, 7) is 11.7. The first-order valence-electron chi connectivity index (χ1n) is 11.0. The van der Waals surface area contributed by atoms with E-state index in [0.717, 1.165) is 37.3 Å². The summed E-state index contributed by atoms with van der Waals surface area (Å²) >= 11 is 0. The lowest BCUT2D eigenvalue weighted by atomic mass is 9.88. The molecule has 1 atom stereocenters. The molecule has 0 aromatic carbocycles. The summed E-state index contributed by atoms with van der Waals surface area (Å²) < 4.78 is 38.2. The standard InChI is InChI=1S/C25H35F2N3O2/c1-6-18(3)21-16-20(32-14-13-31-5)11-12-24(21)30(4)17-28-25(7-2)29-19-9-8-10-22(26)23(27)15-19/h7,9-10,15,20H,2-3,6,8,11-14,16-17H2,1,4-5H3,(H,28,29). The van der Waals surface area contributed by atoms with Crippen molar-refractivity contribution in [1.29, 1.82) is 0 Å². The number of nitrogens with one attached hydrogen (secondary N) is 1. The second-order valence-corrected chi connectivity index (χ2v) is 7.76. The first-order chi connectivity index (χ1) is 15.4. The lowest BCUT2D eigenvalue weighted by molar-refractivity contribution is 0.00988. The molecule has 0 spiro atoms. The molecule has 1 N–H and O–H groups in total. The first-order valence-corrected chi connectivity index (χ1v) is 11.0. The van der Waals surface area contributed by atoms with Gasteiger partial charge in [0.25, 0.3) is 0 Å². The van der Waals surface area contributed by atoms with Crippen molar-refractivity contribution in [2.75, 3.05) is 34.0 Å². The Labute approximate surface area is 190 Å². The number of nitrogens with zero attached hydrogens (tertiary/aromatic N) is 2. The van der Waals surface area contributed by atoms with Crippen molar-refractivity contribution in [2.45, 2.75) is 45.1 Å². The van der Waals surface area contributed by atoms with Crippen molar-refractivity contribution in [3.63, 3.8) is 0 Å². The van der Waals surface area contributed by atoms with Crippen LogP contribution in [0.3, 0.4) is 0 Å². The molecule has 1 unspecified atom stereocenters. The molecule has 2 rings (SSSR count). The van der Waals surface area contributed by atoms with Gasteiger partial charge in [0.05, 0.1) is 19.3 Å². The molecule has 0 aromatic heterocycles. The maximum absolute atomic E-state index is 13.7. The second kappa shape index (κ2) is 13.1. The van der Waals surface area contributed by atoms with Crippen molar-refractivity contribution in [3.8, 4) is 0 Å². The van der Waals surface area contributed by atoms with Gasteiger partial charge in [-0.2, -0.15) is 0 Å². The van der Waals surface area contributed by atoms with Crippen molar-refractivity contribution in [3.05, 3.63) is 71.7 Å². The molecular weight excluding hydrogens is 412 g/mol. The van der Waals surface area contributed by atoms with Crippen LogP contribution < -0.4 is 5.32 Å². The van der Waals surface area contributed by atoms with Gasteiger partial charge in [-0.3, -0.25) is 0 Å². The van der Waals surface area contributed by atoms with Crippen LogP contribution in [0.5, 0.6) is 0 Å². The van der Waals surface area contributed by atoms with E-state index in [0.29, 0.717) is 37.8 Å². The molecule has 0 aromatic rings. The van der Waals surface area contributed by atoms with E-state index in [2.05, 4.69) is 35.3 Å². The lowest BCUT2D eigenvalue weighted by Gasteiger charge is -2.33. The Bertz CT molecular complexity index is 840. The van der Waals surface area contributed by atoms with Crippen LogP contribution in [0.2, 0.25) is 0 Å². The maximum Gasteiger partial charge on any atom is 0.160 e. The van der Waals surface area contributed by atoms with Crippen molar-refractivity contribution >= 4 is 5.84 Å². The van der Waals surface area contributed by atoms with Crippen molar-refractivity contribution in [1.82, 2.24) is 10.2 Å². The number of methoxy groups -OCH3 is 1. The van der Waals surface area contributed by atoms with Gasteiger partial charge in [-0.15, -0.1) is 0 Å². The predicted molar refractivity (Wildman–Crippen MR) is 126 cm³/mol. The van der Waals surface area contributed by atoms with Crippen LogP contribution in [0.4, 0.5) is 8.78 Å². The summed E-state index contributed by atoms with van der Waals surface area (Å²) in [5, 5.41) is 3.02. The average Bonchev–Trinajstić information content (AvgIpc) is 2.95. The van der Waals surface area contributed by atoms with E-state index >= 15 is 0 Å². The number of ether oxygens (including phenoxy) is 2. The summed E-state index contributed by atoms with van der Waals surface area (Å²) in [4.78, 5) is 6.69. The summed E-state index contributed by atoms with van der Waals surface area (Å²) in [5.74, 6) is -1.27. The minimum absolute atomic E-state index is 0.160. The second-order valence-electron chi connectivity index (χ2n) is 7.76. The van der Waals surface area contributed by atoms with E-state index in [1.807, 2.05) is 7.05 Å². The molecule has 0 saturated heterocycles. The number of aliphatic imine (C=N–C) groups is 1. The van der Waals surface area contributed by atoms with Gasteiger partial charge in [-0.25, -0.2) is 13.8 Å². The average molecular weight is 448 g/mol. The fourth-order valence-corrected chi connectivity index (χ4v) is 3.63. The van der Waals surface area contributed by atoms with Gasteiger partial charge >= 0.3 is 0 Å². The SMILES string of the molecule is C=CC(=NCN(C)C1=C(C(=C)CC)CC(OCCOC)CC1)NC1=CCC=C(F)C(F)=C1. The monoisotopic (exact) mass is 447 g/mol. The first kappa shape index (κ1) is 25.7. The minimum Gasteiger partial charge on any atom is -0.382 e. The Morgan fingerprint density at radius 2 is 2.09 bits per heavy atom. The third-order valence-corrected chi connectivity index (χ3v) is 5.50. The fraction of sp³-hybridized carbons (Fsp3) is 0.480. The molecule has 0 heterocycles. The topological polar surface area (TPSA) is 46.1 Å². The molecule has 32 heavy (non-hydrogen) atoms. The zero-order chi connectivity index (χ0) is 23.5. The number of rotatable bonds is 11. The van der Waals surface area contributed by atoms with Crippen LogP contribution >= 0.6 is 0 Å². The van der Waals surface area contributed by atoms with E-state index in [1.165, 1.54) is 17.3 Å². The molecule has 0 amide bonds. The van der Waals surface area contributed by atoms with Gasteiger partial charge in [0.15, 0.2) is 11.7 Å². The molecule has 2 aliphatic rings. The Morgan fingerprint density at radius 1 is 1.31 bits per heavy atom. The molecule has 0 radical (unpaired) electrons. The highest BCUT2D eigenvalue weighted by molar-refractivity contribution is 5.94. The van der Waals surface area contributed by atoms with Gasteiger partial charge in [-0.1, -0.05) is 31.7 Å². The Balaban J connectivity index is 2.09. The molecule has 5 nitrogen and oxygen atoms in total. The molecule has 0 saturated carbocycles. The molecular formula is C25H35F2N3O2. The van der Waals surface area contributed by atoms with E-state index in [-0.39, 0.29) is 6.10 Å². The minimum atomic E-state index is -0.904. The smallest absolute Gasteiger partial charge is 0.160 e. The summed E-state index contributed by atoms with van der Waals surface area (Å²) in [6.07, 6.45) is 9.54. The van der Waals surface area contributed by atoms with E-state index in [1.54, 1.807) is 19.3 Å². The number of hydrogen-bond acceptors (Lipinski definition) is 4. The van der Waals surface area contributed by atoms with Crippen LogP contribution in [-0.4, -0.2) is 50.9 Å². The Hall–Kier alpha value is -2.51. The quantitative estimate of drug-likeness (QED) is 0.259. The summed E-state index contributed by atoms with van der Waals surface area (Å²) in [5.41, 5.74) is 3.99. The van der Waals surface area contributed by atoms with Gasteiger partial charge < -0.3 is 19.7 Å². The summed E-state index contributed by atoms with van der Waals surface area (Å²) in [6, 6.07) is 0. The van der Waals surface area contributed by atoms with Gasteiger partial charge in [0, 0.05) is 38.0 Å². The Morgan fingerprint density at radius 3 is 2.78 bits per heavy atom. The predicted octanol–water partition coefficient (Wildman–Crippen LogP) is 5.48. The van der Waals surface area contributed by atoms with Crippen LogP contribution in [0.1, 0.15) is 39.0 Å². The third-order valence-electron chi connectivity index (χ3n) is 5.50. The number of hydrogen-bond donors (Lipinski definition) is 1. The van der Waals surface area contributed by atoms with E-state index < -0.39 is 11.7 Å². The Kier molecular flexibility index (Phi) is 10.6. The van der Waals surface area contributed by atoms with Crippen molar-refractivity contribution in [2.24, 2.45) is 4.99 Å². The van der Waals surface area contributed by atoms with Crippen LogP contribution in [0, 0.1) is 0 Å².